The predicted molar refractivity (Wildman–Crippen MR) is 52.6 cm³/mol. The number of hydrogen-bond acceptors (Lipinski definition) is 3. The lowest BCUT2D eigenvalue weighted by Gasteiger charge is -1.95. The molecule has 4 heteroatoms. The van der Waals surface area contributed by atoms with Gasteiger partial charge in [0, 0.05) is 7.05 Å². The maximum absolute atomic E-state index is 5.52. The second-order valence-electron chi connectivity index (χ2n) is 1.94. The number of aliphatic imine (C=N–C) groups is 1. The molecule has 0 saturated heterocycles. The van der Waals surface area contributed by atoms with Crippen molar-refractivity contribution in [1.29, 1.82) is 0 Å². The third kappa shape index (κ3) is 2.95. The molecule has 1 aromatic heterocycles. The standard InChI is InChI=1S/C7H10N2S2/c1-9-6(8)5-11-7-3-2-4-10-7/h2-4H,5H2,1H3,(H2,8,9). The number of thioether (sulfide) groups is 1. The maximum atomic E-state index is 5.52. The van der Waals surface area contributed by atoms with Gasteiger partial charge in [-0.3, -0.25) is 4.99 Å². The molecule has 0 fully saturated rings. The van der Waals surface area contributed by atoms with Crippen LogP contribution in [0.5, 0.6) is 0 Å². The average Bonchev–Trinajstić information content (AvgIpc) is 2.52. The van der Waals surface area contributed by atoms with Crippen LogP contribution >= 0.6 is 23.1 Å². The monoisotopic (exact) mass is 186 g/mol. The largest absolute Gasteiger partial charge is 0.387 e. The lowest BCUT2D eigenvalue weighted by Crippen LogP contribution is -2.13. The predicted octanol–water partition coefficient (Wildman–Crippen LogP) is 1.83. The first-order chi connectivity index (χ1) is 5.33. The van der Waals surface area contributed by atoms with Crippen LogP contribution in [0.25, 0.3) is 0 Å². The molecular weight excluding hydrogens is 176 g/mol. The third-order valence-corrected chi connectivity index (χ3v) is 3.31. The van der Waals surface area contributed by atoms with E-state index in [1.165, 1.54) is 4.21 Å². The molecule has 0 aliphatic carbocycles. The van der Waals surface area contributed by atoms with Crippen molar-refractivity contribution in [2.45, 2.75) is 4.21 Å². The van der Waals surface area contributed by atoms with Gasteiger partial charge in [-0.2, -0.15) is 0 Å². The molecule has 0 bridgehead atoms. The van der Waals surface area contributed by atoms with Crippen LogP contribution in [0.15, 0.2) is 26.7 Å². The van der Waals surface area contributed by atoms with E-state index in [9.17, 15) is 0 Å². The summed E-state index contributed by atoms with van der Waals surface area (Å²) in [5.41, 5.74) is 5.52. The fourth-order valence-corrected chi connectivity index (χ4v) is 2.21. The Balaban J connectivity index is 2.35. The summed E-state index contributed by atoms with van der Waals surface area (Å²) >= 11 is 3.45. The normalized spacial score (nSPS) is 11.9. The zero-order valence-electron chi connectivity index (χ0n) is 6.28. The van der Waals surface area contributed by atoms with Gasteiger partial charge in [0.2, 0.25) is 0 Å². The fraction of sp³-hybridized carbons (Fsp3) is 0.286. The Hall–Kier alpha value is -0.480. The van der Waals surface area contributed by atoms with Crippen molar-refractivity contribution in [2.24, 2.45) is 10.7 Å². The highest BCUT2D eigenvalue weighted by molar-refractivity contribution is 8.01. The molecule has 60 valence electrons. The molecule has 0 aliphatic heterocycles. The summed E-state index contributed by atoms with van der Waals surface area (Å²) < 4.78 is 1.29. The van der Waals surface area contributed by atoms with Crippen LogP contribution in [0.1, 0.15) is 0 Å². The van der Waals surface area contributed by atoms with Crippen molar-refractivity contribution in [3.63, 3.8) is 0 Å². The van der Waals surface area contributed by atoms with Crippen molar-refractivity contribution < 1.29 is 0 Å². The molecule has 2 nitrogen and oxygen atoms in total. The topological polar surface area (TPSA) is 38.4 Å². The zero-order valence-corrected chi connectivity index (χ0v) is 7.91. The van der Waals surface area contributed by atoms with E-state index in [2.05, 4.69) is 16.4 Å². The first kappa shape index (κ1) is 8.62. The Kier molecular flexibility index (Phi) is 3.45. The Labute approximate surface area is 74.5 Å². The Bertz CT molecular complexity index is 229. The Morgan fingerprint density at radius 2 is 2.64 bits per heavy atom. The number of hydrogen-bond donors (Lipinski definition) is 1. The minimum absolute atomic E-state index is 0.698. The van der Waals surface area contributed by atoms with Crippen molar-refractivity contribution in [1.82, 2.24) is 0 Å². The second-order valence-corrected chi connectivity index (χ2v) is 4.16. The fourth-order valence-electron chi connectivity index (χ4n) is 0.555. The molecule has 1 aromatic rings. The van der Waals surface area contributed by atoms with Crippen molar-refractivity contribution >= 4 is 28.9 Å². The highest BCUT2D eigenvalue weighted by Crippen LogP contribution is 2.22. The number of nitrogens with zero attached hydrogens (tertiary/aromatic N) is 1. The van der Waals surface area contributed by atoms with E-state index in [0.29, 0.717) is 5.84 Å². The molecule has 0 spiro atoms. The average molecular weight is 186 g/mol. The highest BCUT2D eigenvalue weighted by atomic mass is 32.2. The minimum atomic E-state index is 0.698. The van der Waals surface area contributed by atoms with Gasteiger partial charge in [-0.05, 0) is 11.4 Å². The summed E-state index contributed by atoms with van der Waals surface area (Å²) in [5.74, 6) is 1.49. The van der Waals surface area contributed by atoms with Crippen LogP contribution in [0.3, 0.4) is 0 Å². The van der Waals surface area contributed by atoms with E-state index in [1.807, 2.05) is 6.07 Å². The molecule has 1 rings (SSSR count). The molecule has 11 heavy (non-hydrogen) atoms. The van der Waals surface area contributed by atoms with Crippen LogP contribution in [0.2, 0.25) is 0 Å². The summed E-state index contributed by atoms with van der Waals surface area (Å²) in [6.07, 6.45) is 0. The minimum Gasteiger partial charge on any atom is -0.387 e. The van der Waals surface area contributed by atoms with Gasteiger partial charge in [-0.25, -0.2) is 0 Å². The Morgan fingerprint density at radius 3 is 3.18 bits per heavy atom. The molecular formula is C7H10N2S2. The van der Waals surface area contributed by atoms with E-state index in [-0.39, 0.29) is 0 Å². The van der Waals surface area contributed by atoms with Gasteiger partial charge in [0.25, 0.3) is 0 Å². The van der Waals surface area contributed by atoms with E-state index >= 15 is 0 Å². The van der Waals surface area contributed by atoms with Crippen LogP contribution in [-0.2, 0) is 0 Å². The quantitative estimate of drug-likeness (QED) is 0.444. The summed E-state index contributed by atoms with van der Waals surface area (Å²) in [6.45, 7) is 0. The van der Waals surface area contributed by atoms with Gasteiger partial charge in [-0.1, -0.05) is 6.07 Å². The molecule has 0 atom stereocenters. The van der Waals surface area contributed by atoms with E-state index in [4.69, 9.17) is 5.73 Å². The molecule has 0 radical (unpaired) electrons. The molecule has 2 N–H and O–H groups in total. The van der Waals surface area contributed by atoms with Crippen molar-refractivity contribution in [3.05, 3.63) is 17.5 Å². The molecule has 0 saturated carbocycles. The van der Waals surface area contributed by atoms with E-state index in [0.717, 1.165) is 5.75 Å². The van der Waals surface area contributed by atoms with E-state index < -0.39 is 0 Å². The first-order valence-corrected chi connectivity index (χ1v) is 5.07. The molecule has 1 heterocycles. The lowest BCUT2D eigenvalue weighted by atomic mass is 10.7. The SMILES string of the molecule is CN=C(N)CSc1cccs1. The number of thiophene rings is 1. The first-order valence-electron chi connectivity index (χ1n) is 3.20. The van der Waals surface area contributed by atoms with Crippen molar-refractivity contribution in [3.8, 4) is 0 Å². The van der Waals surface area contributed by atoms with Gasteiger partial charge in [0.05, 0.1) is 9.96 Å². The highest BCUT2D eigenvalue weighted by Gasteiger charge is 1.95. The third-order valence-electron chi connectivity index (χ3n) is 1.14. The van der Waals surface area contributed by atoms with Gasteiger partial charge < -0.3 is 5.73 Å². The molecule has 0 amide bonds. The number of nitrogens with two attached hydrogens (primary N) is 1. The second kappa shape index (κ2) is 4.41. The van der Waals surface area contributed by atoms with Crippen LogP contribution in [-0.4, -0.2) is 18.6 Å². The maximum Gasteiger partial charge on any atom is 0.104 e. The van der Waals surface area contributed by atoms with Gasteiger partial charge >= 0.3 is 0 Å². The summed E-state index contributed by atoms with van der Waals surface area (Å²) in [5, 5.41) is 2.06. The van der Waals surface area contributed by atoms with E-state index in [1.54, 1.807) is 30.1 Å². The van der Waals surface area contributed by atoms with Crippen LogP contribution in [0, 0.1) is 0 Å². The molecule has 0 aliphatic rings. The number of rotatable bonds is 3. The van der Waals surface area contributed by atoms with Crippen LogP contribution < -0.4 is 5.73 Å². The Morgan fingerprint density at radius 1 is 1.82 bits per heavy atom. The van der Waals surface area contributed by atoms with Gasteiger partial charge in [0.1, 0.15) is 5.84 Å². The zero-order chi connectivity index (χ0) is 8.10. The van der Waals surface area contributed by atoms with Crippen molar-refractivity contribution in [2.75, 3.05) is 12.8 Å². The van der Waals surface area contributed by atoms with Crippen LogP contribution in [0.4, 0.5) is 0 Å². The van der Waals surface area contributed by atoms with Gasteiger partial charge in [0.15, 0.2) is 0 Å². The smallest absolute Gasteiger partial charge is 0.104 e. The van der Waals surface area contributed by atoms with Gasteiger partial charge in [-0.15, -0.1) is 23.1 Å². The summed E-state index contributed by atoms with van der Waals surface area (Å²) in [7, 11) is 1.71. The molecule has 0 unspecified atom stereocenters. The number of amidine groups is 1. The lowest BCUT2D eigenvalue weighted by molar-refractivity contribution is 1.39. The summed E-state index contributed by atoms with van der Waals surface area (Å²) in [6, 6.07) is 4.12. The molecule has 0 aromatic carbocycles. The summed E-state index contributed by atoms with van der Waals surface area (Å²) in [4.78, 5) is 3.87.